The van der Waals surface area contributed by atoms with Crippen LogP contribution >= 0.6 is 0 Å². The number of hydrogen-bond donors (Lipinski definition) is 1. The van der Waals surface area contributed by atoms with Gasteiger partial charge in [-0.3, -0.25) is 0 Å². The third kappa shape index (κ3) is 6.18. The lowest BCUT2D eigenvalue weighted by molar-refractivity contribution is -0.148. The van der Waals surface area contributed by atoms with Gasteiger partial charge in [-0.05, 0) is 51.9 Å². The summed E-state index contributed by atoms with van der Waals surface area (Å²) < 4.78 is 17.3. The first-order chi connectivity index (χ1) is 17.1. The summed E-state index contributed by atoms with van der Waals surface area (Å²) in [4.78, 5) is 11.2. The summed E-state index contributed by atoms with van der Waals surface area (Å²) in [6.07, 6.45) is 5.83. The Labute approximate surface area is 207 Å². The van der Waals surface area contributed by atoms with Crippen LogP contribution in [0.4, 0.5) is 0 Å². The van der Waals surface area contributed by atoms with Crippen molar-refractivity contribution in [1.29, 1.82) is 0 Å². The maximum atomic E-state index is 11.2. The van der Waals surface area contributed by atoms with Gasteiger partial charge in [0.2, 0.25) is 0 Å². The highest BCUT2D eigenvalue weighted by molar-refractivity contribution is 5.76. The van der Waals surface area contributed by atoms with Gasteiger partial charge >= 0.3 is 5.97 Å². The highest BCUT2D eigenvalue weighted by atomic mass is 16.5. The minimum Gasteiger partial charge on any atom is -0.491 e. The van der Waals surface area contributed by atoms with Crippen LogP contribution in [0, 0.1) is 0 Å². The van der Waals surface area contributed by atoms with E-state index >= 15 is 0 Å². The fourth-order valence-electron chi connectivity index (χ4n) is 4.41. The number of carbonyl (C=O) groups is 1. The minimum atomic E-state index is -0.969. The molecule has 0 heterocycles. The minimum absolute atomic E-state index is 0.167. The number of aryl methyl sites for hydroxylation is 1. The number of carboxylic acid groups (broad SMARTS) is 1. The standard InChI is InChI=1S/C30H32O5/c1-3-6-21-11-16-27-24(19-21)13-12-23-7-4-5-8-26(23)29(27)35-18-17-34-25-14-9-22(10-15-25)20-28(33-2)30(31)32/h4-5,7-16,19,28-29H,3,6,17-18,20H2,1-2H3,(H,31,32). The summed E-state index contributed by atoms with van der Waals surface area (Å²) >= 11 is 0. The second kappa shape index (κ2) is 11.8. The quantitative estimate of drug-likeness (QED) is 0.349. The van der Waals surface area contributed by atoms with Crippen LogP contribution in [-0.4, -0.2) is 37.5 Å². The molecule has 0 fully saturated rings. The highest BCUT2D eigenvalue weighted by Crippen LogP contribution is 2.36. The van der Waals surface area contributed by atoms with Gasteiger partial charge < -0.3 is 19.3 Å². The molecular formula is C30H32O5. The van der Waals surface area contributed by atoms with Crippen LogP contribution in [0.25, 0.3) is 12.2 Å². The van der Waals surface area contributed by atoms with Gasteiger partial charge in [0.05, 0.1) is 6.61 Å². The molecule has 5 nitrogen and oxygen atoms in total. The van der Waals surface area contributed by atoms with Crippen molar-refractivity contribution in [3.63, 3.8) is 0 Å². The molecule has 1 N–H and O–H groups in total. The predicted octanol–water partition coefficient (Wildman–Crippen LogP) is 5.95. The summed E-state index contributed by atoms with van der Waals surface area (Å²) in [6, 6.07) is 22.4. The van der Waals surface area contributed by atoms with Gasteiger partial charge in [-0.1, -0.05) is 80.1 Å². The Balaban J connectivity index is 1.41. The number of rotatable bonds is 11. The molecule has 182 valence electrons. The van der Waals surface area contributed by atoms with Crippen LogP contribution < -0.4 is 4.74 Å². The molecule has 5 heteroatoms. The van der Waals surface area contributed by atoms with Gasteiger partial charge in [0, 0.05) is 13.5 Å². The van der Waals surface area contributed by atoms with E-state index in [0.29, 0.717) is 25.4 Å². The Morgan fingerprint density at radius 3 is 2.37 bits per heavy atom. The number of fused-ring (bicyclic) bond motifs is 2. The Kier molecular flexibility index (Phi) is 8.35. The molecule has 0 radical (unpaired) electrons. The molecule has 0 saturated heterocycles. The van der Waals surface area contributed by atoms with Crippen molar-refractivity contribution in [2.24, 2.45) is 0 Å². The van der Waals surface area contributed by atoms with Crippen molar-refractivity contribution >= 4 is 18.1 Å². The van der Waals surface area contributed by atoms with Gasteiger partial charge in [-0.25, -0.2) is 4.79 Å². The molecule has 0 aliphatic heterocycles. The lowest BCUT2D eigenvalue weighted by Gasteiger charge is -2.22. The van der Waals surface area contributed by atoms with Crippen LogP contribution in [0.5, 0.6) is 5.75 Å². The molecule has 2 unspecified atom stereocenters. The molecule has 3 aromatic rings. The molecule has 0 amide bonds. The van der Waals surface area contributed by atoms with E-state index in [1.807, 2.05) is 24.3 Å². The Morgan fingerprint density at radius 2 is 1.63 bits per heavy atom. The first-order valence-corrected chi connectivity index (χ1v) is 12.1. The van der Waals surface area contributed by atoms with Crippen molar-refractivity contribution in [3.05, 3.63) is 100 Å². The fraction of sp³-hybridized carbons (Fsp3) is 0.300. The fourth-order valence-corrected chi connectivity index (χ4v) is 4.41. The summed E-state index contributed by atoms with van der Waals surface area (Å²) in [5.74, 6) is -0.252. The monoisotopic (exact) mass is 472 g/mol. The van der Waals surface area contributed by atoms with E-state index in [9.17, 15) is 4.79 Å². The van der Waals surface area contributed by atoms with Gasteiger partial charge in [0.25, 0.3) is 0 Å². The summed E-state index contributed by atoms with van der Waals surface area (Å²) in [5, 5.41) is 9.15. The number of aliphatic carboxylic acids is 1. The van der Waals surface area contributed by atoms with Gasteiger partial charge in [0.15, 0.2) is 6.10 Å². The van der Waals surface area contributed by atoms with Crippen LogP contribution in [-0.2, 0) is 27.1 Å². The van der Waals surface area contributed by atoms with Crippen molar-refractivity contribution in [1.82, 2.24) is 0 Å². The molecule has 2 atom stereocenters. The molecule has 1 aliphatic carbocycles. The average molecular weight is 473 g/mol. The zero-order valence-corrected chi connectivity index (χ0v) is 20.3. The van der Waals surface area contributed by atoms with Crippen LogP contribution in [0.15, 0.2) is 66.7 Å². The van der Waals surface area contributed by atoms with Gasteiger partial charge in [-0.2, -0.15) is 0 Å². The topological polar surface area (TPSA) is 65.0 Å². The second-order valence-electron chi connectivity index (χ2n) is 8.69. The first-order valence-electron chi connectivity index (χ1n) is 12.1. The van der Waals surface area contributed by atoms with E-state index < -0.39 is 12.1 Å². The van der Waals surface area contributed by atoms with E-state index in [1.165, 1.54) is 23.8 Å². The highest BCUT2D eigenvalue weighted by Gasteiger charge is 2.22. The second-order valence-corrected chi connectivity index (χ2v) is 8.69. The predicted molar refractivity (Wildman–Crippen MR) is 138 cm³/mol. The maximum Gasteiger partial charge on any atom is 0.333 e. The number of benzene rings is 3. The lowest BCUT2D eigenvalue weighted by atomic mass is 9.94. The number of carboxylic acids is 1. The van der Waals surface area contributed by atoms with E-state index in [4.69, 9.17) is 19.3 Å². The normalized spacial score (nSPS) is 15.1. The van der Waals surface area contributed by atoms with E-state index in [2.05, 4.69) is 61.5 Å². The van der Waals surface area contributed by atoms with Crippen molar-refractivity contribution < 1.29 is 24.1 Å². The molecule has 0 saturated carbocycles. The smallest absolute Gasteiger partial charge is 0.333 e. The summed E-state index contributed by atoms with van der Waals surface area (Å²) in [6.45, 7) is 3.04. The number of hydrogen-bond acceptors (Lipinski definition) is 4. The molecule has 3 aromatic carbocycles. The van der Waals surface area contributed by atoms with Crippen molar-refractivity contribution in [3.8, 4) is 5.75 Å². The zero-order valence-electron chi connectivity index (χ0n) is 20.3. The van der Waals surface area contributed by atoms with Crippen LogP contribution in [0.1, 0.15) is 52.8 Å². The largest absolute Gasteiger partial charge is 0.491 e. The summed E-state index contributed by atoms with van der Waals surface area (Å²) in [7, 11) is 1.40. The van der Waals surface area contributed by atoms with E-state index in [0.717, 1.165) is 29.5 Å². The van der Waals surface area contributed by atoms with Gasteiger partial charge in [-0.15, -0.1) is 0 Å². The zero-order chi connectivity index (χ0) is 24.6. The third-order valence-electron chi connectivity index (χ3n) is 6.23. The first kappa shape index (κ1) is 24.7. The molecule has 0 aromatic heterocycles. The molecular weight excluding hydrogens is 440 g/mol. The Hall–Kier alpha value is -3.41. The lowest BCUT2D eigenvalue weighted by Crippen LogP contribution is -2.24. The van der Waals surface area contributed by atoms with Crippen molar-refractivity contribution in [2.45, 2.75) is 38.4 Å². The molecule has 35 heavy (non-hydrogen) atoms. The van der Waals surface area contributed by atoms with Crippen LogP contribution in [0.3, 0.4) is 0 Å². The number of methoxy groups -OCH3 is 1. The molecule has 0 spiro atoms. The maximum absolute atomic E-state index is 11.2. The molecule has 4 rings (SSSR count). The van der Waals surface area contributed by atoms with E-state index in [-0.39, 0.29) is 6.10 Å². The third-order valence-corrected chi connectivity index (χ3v) is 6.23. The Bertz CT molecular complexity index is 1170. The molecule has 0 bridgehead atoms. The average Bonchev–Trinajstić information content (AvgIpc) is 3.02. The SMILES string of the molecule is CCCc1ccc2c(c1)C=Cc1ccccc1C2OCCOc1ccc(CC(OC)C(=O)O)cc1. The van der Waals surface area contributed by atoms with Crippen molar-refractivity contribution in [2.75, 3.05) is 20.3 Å². The van der Waals surface area contributed by atoms with E-state index in [1.54, 1.807) is 0 Å². The summed E-state index contributed by atoms with van der Waals surface area (Å²) in [5.41, 5.74) is 6.90. The van der Waals surface area contributed by atoms with Crippen LogP contribution in [0.2, 0.25) is 0 Å². The molecule has 1 aliphatic rings. The Morgan fingerprint density at radius 1 is 0.914 bits per heavy atom. The number of ether oxygens (including phenoxy) is 3. The van der Waals surface area contributed by atoms with Gasteiger partial charge in [0.1, 0.15) is 18.5 Å².